The van der Waals surface area contributed by atoms with Gasteiger partial charge in [0.1, 0.15) is 12.1 Å². The molecule has 11 heteroatoms. The van der Waals surface area contributed by atoms with Crippen molar-refractivity contribution in [2.75, 3.05) is 0 Å². The van der Waals surface area contributed by atoms with Crippen LogP contribution < -0.4 is 5.73 Å². The average molecular weight is 327 g/mol. The summed E-state index contributed by atoms with van der Waals surface area (Å²) in [6, 6.07) is -4.50. The normalized spacial score (nSPS) is 26.1. The fourth-order valence-electron chi connectivity index (χ4n) is 2.62. The third kappa shape index (κ3) is 2.77. The van der Waals surface area contributed by atoms with Crippen molar-refractivity contribution >= 4 is 35.6 Å². The van der Waals surface area contributed by atoms with Gasteiger partial charge in [-0.05, 0) is 0 Å². The molecule has 4 N–H and O–H groups in total. The largest absolute Gasteiger partial charge is 0.481 e. The highest BCUT2D eigenvalue weighted by Crippen LogP contribution is 2.26. The van der Waals surface area contributed by atoms with Crippen molar-refractivity contribution in [3.8, 4) is 0 Å². The summed E-state index contributed by atoms with van der Waals surface area (Å²) in [5.74, 6) is -6.81. The fourth-order valence-corrected chi connectivity index (χ4v) is 2.62. The number of carboxylic acid groups (broad SMARTS) is 2. The van der Waals surface area contributed by atoms with Gasteiger partial charge < -0.3 is 15.9 Å². The van der Waals surface area contributed by atoms with Gasteiger partial charge in [0, 0.05) is 0 Å². The topological polar surface area (TPSA) is 175 Å². The molecule has 0 bridgehead atoms. The molecule has 4 amide bonds. The number of imide groups is 2. The molecule has 0 aromatic carbocycles. The first kappa shape index (κ1) is 16.5. The molecule has 2 saturated heterocycles. The van der Waals surface area contributed by atoms with E-state index in [9.17, 15) is 28.8 Å². The zero-order valence-electron chi connectivity index (χ0n) is 11.7. The first-order valence-corrected chi connectivity index (χ1v) is 6.57. The van der Waals surface area contributed by atoms with Crippen LogP contribution in [0.5, 0.6) is 0 Å². The van der Waals surface area contributed by atoms with E-state index >= 15 is 0 Å². The molecule has 3 atom stereocenters. The Morgan fingerprint density at radius 3 is 2.13 bits per heavy atom. The summed E-state index contributed by atoms with van der Waals surface area (Å²) in [5.41, 5.74) is 5.42. The highest BCUT2D eigenvalue weighted by molar-refractivity contribution is 6.14. The molecule has 2 aliphatic heterocycles. The van der Waals surface area contributed by atoms with E-state index in [0.717, 1.165) is 0 Å². The summed E-state index contributed by atoms with van der Waals surface area (Å²) < 4.78 is 0. The Bertz CT molecular complexity index is 630. The third-order valence-corrected chi connectivity index (χ3v) is 3.65. The minimum atomic E-state index is -1.90. The Morgan fingerprint density at radius 1 is 1.09 bits per heavy atom. The summed E-state index contributed by atoms with van der Waals surface area (Å²) in [4.78, 5) is 70.5. The predicted molar refractivity (Wildman–Crippen MR) is 68.4 cm³/mol. The lowest BCUT2D eigenvalue weighted by molar-refractivity contribution is -0.159. The van der Waals surface area contributed by atoms with Crippen molar-refractivity contribution in [1.29, 1.82) is 0 Å². The van der Waals surface area contributed by atoms with E-state index in [4.69, 9.17) is 15.9 Å². The summed E-state index contributed by atoms with van der Waals surface area (Å²) >= 11 is 0. The van der Waals surface area contributed by atoms with Crippen LogP contribution in [0.15, 0.2) is 0 Å². The molecule has 0 radical (unpaired) electrons. The molecule has 0 spiro atoms. The second-order valence-corrected chi connectivity index (χ2v) is 5.19. The fraction of sp³-hybridized carbons (Fsp3) is 0.500. The zero-order valence-corrected chi connectivity index (χ0v) is 11.7. The summed E-state index contributed by atoms with van der Waals surface area (Å²) in [7, 11) is 0. The van der Waals surface area contributed by atoms with Crippen molar-refractivity contribution in [2.45, 2.75) is 37.4 Å². The van der Waals surface area contributed by atoms with Gasteiger partial charge in [-0.25, -0.2) is 4.79 Å². The number of carbonyl (C=O) groups excluding carboxylic acids is 4. The van der Waals surface area contributed by atoms with Crippen molar-refractivity contribution in [1.82, 2.24) is 9.80 Å². The lowest BCUT2D eigenvalue weighted by Gasteiger charge is -2.24. The SMILES string of the molecule is NC1CC(=O)N(C2CC(=O)N(C(CC(=O)O)C(=O)O)C2=O)C1=O. The lowest BCUT2D eigenvalue weighted by atomic mass is 10.2. The van der Waals surface area contributed by atoms with Crippen molar-refractivity contribution < 1.29 is 39.0 Å². The zero-order chi connectivity index (χ0) is 17.5. The Morgan fingerprint density at radius 2 is 1.70 bits per heavy atom. The molecule has 2 aliphatic rings. The minimum Gasteiger partial charge on any atom is -0.481 e. The van der Waals surface area contributed by atoms with Crippen LogP contribution in [0.2, 0.25) is 0 Å². The number of nitrogens with zero attached hydrogens (tertiary/aromatic N) is 2. The first-order chi connectivity index (χ1) is 10.6. The van der Waals surface area contributed by atoms with Crippen LogP contribution in [0.25, 0.3) is 0 Å². The van der Waals surface area contributed by atoms with Gasteiger partial charge in [-0.15, -0.1) is 0 Å². The Hall–Kier alpha value is -2.82. The number of carbonyl (C=O) groups is 6. The van der Waals surface area contributed by atoms with Crippen LogP contribution in [0.4, 0.5) is 0 Å². The molecule has 2 fully saturated rings. The van der Waals surface area contributed by atoms with Gasteiger partial charge in [-0.3, -0.25) is 33.8 Å². The van der Waals surface area contributed by atoms with Crippen molar-refractivity contribution in [3.05, 3.63) is 0 Å². The molecule has 124 valence electrons. The molecule has 2 heterocycles. The molecule has 2 rings (SSSR count). The quantitative estimate of drug-likeness (QED) is 0.448. The number of likely N-dealkylation sites (tertiary alicyclic amines) is 2. The van der Waals surface area contributed by atoms with Crippen LogP contribution in [0.1, 0.15) is 19.3 Å². The van der Waals surface area contributed by atoms with E-state index in [2.05, 4.69) is 0 Å². The summed E-state index contributed by atoms with van der Waals surface area (Å²) in [5, 5.41) is 17.8. The van der Waals surface area contributed by atoms with Gasteiger partial charge in [-0.1, -0.05) is 0 Å². The Labute approximate surface area is 128 Å². The second kappa shape index (κ2) is 5.76. The number of hydrogen-bond donors (Lipinski definition) is 3. The molecule has 0 aromatic heterocycles. The van der Waals surface area contributed by atoms with Gasteiger partial charge >= 0.3 is 11.9 Å². The lowest BCUT2D eigenvalue weighted by Crippen LogP contribution is -2.51. The standard InChI is InChI=1S/C12H13N3O8/c13-4-1-7(16)14(10(4)20)5-2-8(17)15(11(5)21)6(12(22)23)3-9(18)19/h4-6H,1-3,13H2,(H,18,19)(H,22,23). The van der Waals surface area contributed by atoms with Gasteiger partial charge in [0.25, 0.3) is 5.91 Å². The highest BCUT2D eigenvalue weighted by Gasteiger charge is 2.52. The Kier molecular flexibility index (Phi) is 4.14. The van der Waals surface area contributed by atoms with E-state index in [0.29, 0.717) is 4.90 Å². The maximum atomic E-state index is 12.3. The van der Waals surface area contributed by atoms with E-state index in [-0.39, 0.29) is 11.3 Å². The maximum absolute atomic E-state index is 12.3. The van der Waals surface area contributed by atoms with E-state index in [1.807, 2.05) is 0 Å². The van der Waals surface area contributed by atoms with Gasteiger partial charge in [-0.2, -0.15) is 0 Å². The van der Waals surface area contributed by atoms with Crippen LogP contribution in [0, 0.1) is 0 Å². The number of amides is 4. The Balaban J connectivity index is 2.29. The minimum absolute atomic E-state index is 0.283. The van der Waals surface area contributed by atoms with Crippen LogP contribution in [-0.4, -0.2) is 73.7 Å². The van der Waals surface area contributed by atoms with Crippen molar-refractivity contribution in [2.24, 2.45) is 5.73 Å². The van der Waals surface area contributed by atoms with E-state index in [1.165, 1.54) is 0 Å². The van der Waals surface area contributed by atoms with Crippen LogP contribution in [0.3, 0.4) is 0 Å². The number of hydrogen-bond acceptors (Lipinski definition) is 7. The smallest absolute Gasteiger partial charge is 0.327 e. The van der Waals surface area contributed by atoms with E-state index in [1.54, 1.807) is 0 Å². The average Bonchev–Trinajstić information content (AvgIpc) is 2.84. The van der Waals surface area contributed by atoms with Crippen LogP contribution in [-0.2, 0) is 28.8 Å². The van der Waals surface area contributed by atoms with Crippen LogP contribution >= 0.6 is 0 Å². The molecule has 0 aromatic rings. The maximum Gasteiger partial charge on any atom is 0.327 e. The molecule has 23 heavy (non-hydrogen) atoms. The molecule has 0 saturated carbocycles. The first-order valence-electron chi connectivity index (χ1n) is 6.57. The summed E-state index contributed by atoms with van der Waals surface area (Å²) in [6.45, 7) is 0. The molecule has 0 aliphatic carbocycles. The van der Waals surface area contributed by atoms with E-state index < -0.39 is 66.5 Å². The number of nitrogens with two attached hydrogens (primary N) is 1. The summed E-state index contributed by atoms with van der Waals surface area (Å²) in [6.07, 6.45) is -1.89. The second-order valence-electron chi connectivity index (χ2n) is 5.19. The highest BCUT2D eigenvalue weighted by atomic mass is 16.4. The van der Waals surface area contributed by atoms with Gasteiger partial charge in [0.2, 0.25) is 17.7 Å². The molecule has 11 nitrogen and oxygen atoms in total. The number of rotatable bonds is 5. The molecule has 3 unspecified atom stereocenters. The van der Waals surface area contributed by atoms with Gasteiger partial charge in [0.15, 0.2) is 0 Å². The third-order valence-electron chi connectivity index (χ3n) is 3.65. The number of aliphatic carboxylic acids is 2. The number of carboxylic acids is 2. The molecular weight excluding hydrogens is 314 g/mol. The van der Waals surface area contributed by atoms with Crippen molar-refractivity contribution in [3.63, 3.8) is 0 Å². The predicted octanol–water partition coefficient (Wildman–Crippen LogP) is -2.87. The van der Waals surface area contributed by atoms with Gasteiger partial charge in [0.05, 0.1) is 25.3 Å². The molecular formula is C12H13N3O8. The monoisotopic (exact) mass is 327 g/mol.